The van der Waals surface area contributed by atoms with E-state index in [0.717, 1.165) is 23.2 Å². The van der Waals surface area contributed by atoms with Crippen LogP contribution in [-0.2, 0) is 6.42 Å². The molecular weight excluding hydrogens is 186 g/mol. The van der Waals surface area contributed by atoms with Gasteiger partial charge in [0.15, 0.2) is 0 Å². The van der Waals surface area contributed by atoms with Crippen molar-refractivity contribution in [1.82, 2.24) is 4.98 Å². The van der Waals surface area contributed by atoms with Gasteiger partial charge in [-0.15, -0.1) is 0 Å². The molecule has 0 aliphatic rings. The second-order valence-electron chi connectivity index (χ2n) is 3.38. The topological polar surface area (TPSA) is 33.1 Å². The van der Waals surface area contributed by atoms with E-state index in [4.69, 9.17) is 0 Å². The Kier molecular flexibility index (Phi) is 2.68. The summed E-state index contributed by atoms with van der Waals surface area (Å²) in [6, 6.07) is 11.2. The van der Waals surface area contributed by atoms with E-state index in [-0.39, 0.29) is 5.75 Å². The van der Waals surface area contributed by atoms with E-state index in [1.807, 2.05) is 30.3 Å². The Morgan fingerprint density at radius 1 is 1.13 bits per heavy atom. The SMILES string of the molecule is CCc1cccnc1-c1ccccc1O. The second kappa shape index (κ2) is 4.13. The van der Waals surface area contributed by atoms with Crippen LogP contribution in [0.5, 0.6) is 5.75 Å². The number of aromatic hydroxyl groups is 1. The third-order valence-corrected chi connectivity index (χ3v) is 2.43. The average Bonchev–Trinajstić information content (AvgIpc) is 2.30. The molecule has 15 heavy (non-hydrogen) atoms. The van der Waals surface area contributed by atoms with Gasteiger partial charge in [0.2, 0.25) is 0 Å². The number of benzene rings is 1. The van der Waals surface area contributed by atoms with Crippen LogP contribution in [0.3, 0.4) is 0 Å². The molecule has 0 saturated carbocycles. The van der Waals surface area contributed by atoms with Crippen LogP contribution in [0.15, 0.2) is 42.6 Å². The minimum atomic E-state index is 0.283. The molecule has 0 aliphatic carbocycles. The average molecular weight is 199 g/mol. The third-order valence-electron chi connectivity index (χ3n) is 2.43. The highest BCUT2D eigenvalue weighted by molar-refractivity contribution is 5.69. The molecule has 2 aromatic rings. The van der Waals surface area contributed by atoms with Gasteiger partial charge in [-0.05, 0) is 30.2 Å². The summed E-state index contributed by atoms with van der Waals surface area (Å²) in [7, 11) is 0. The number of phenolic OH excluding ortho intramolecular Hbond substituents is 1. The van der Waals surface area contributed by atoms with Crippen LogP contribution >= 0.6 is 0 Å². The molecule has 2 nitrogen and oxygen atoms in total. The Morgan fingerprint density at radius 3 is 2.67 bits per heavy atom. The number of pyridine rings is 1. The van der Waals surface area contributed by atoms with Crippen LogP contribution < -0.4 is 0 Å². The molecule has 0 bridgehead atoms. The summed E-state index contributed by atoms with van der Waals surface area (Å²) < 4.78 is 0. The van der Waals surface area contributed by atoms with E-state index in [1.54, 1.807) is 12.3 Å². The summed E-state index contributed by atoms with van der Waals surface area (Å²) in [6.07, 6.45) is 2.67. The zero-order valence-electron chi connectivity index (χ0n) is 8.64. The van der Waals surface area contributed by atoms with Gasteiger partial charge < -0.3 is 5.11 Å². The Bertz CT molecular complexity index is 466. The Labute approximate surface area is 89.2 Å². The summed E-state index contributed by atoms with van der Waals surface area (Å²) in [5, 5.41) is 9.74. The minimum absolute atomic E-state index is 0.283. The summed E-state index contributed by atoms with van der Waals surface area (Å²) >= 11 is 0. The fourth-order valence-electron chi connectivity index (χ4n) is 1.64. The van der Waals surface area contributed by atoms with Gasteiger partial charge in [-0.2, -0.15) is 0 Å². The molecule has 0 aliphatic heterocycles. The molecule has 2 heteroatoms. The van der Waals surface area contributed by atoms with Crippen LogP contribution in [0.25, 0.3) is 11.3 Å². The second-order valence-corrected chi connectivity index (χ2v) is 3.38. The molecule has 2 rings (SSSR count). The van der Waals surface area contributed by atoms with Crippen LogP contribution in [0.1, 0.15) is 12.5 Å². The van der Waals surface area contributed by atoms with E-state index < -0.39 is 0 Å². The first-order chi connectivity index (χ1) is 7.33. The number of hydrogen-bond donors (Lipinski definition) is 1. The van der Waals surface area contributed by atoms with Gasteiger partial charge in [0.25, 0.3) is 0 Å². The molecular formula is C13H13NO. The molecule has 0 spiro atoms. The molecule has 0 amide bonds. The minimum Gasteiger partial charge on any atom is -0.507 e. The predicted octanol–water partition coefficient (Wildman–Crippen LogP) is 3.02. The van der Waals surface area contributed by atoms with Crippen molar-refractivity contribution >= 4 is 0 Å². The number of nitrogens with zero attached hydrogens (tertiary/aromatic N) is 1. The first kappa shape index (κ1) is 9.71. The van der Waals surface area contributed by atoms with Crippen molar-refractivity contribution in [1.29, 1.82) is 0 Å². The van der Waals surface area contributed by atoms with Gasteiger partial charge in [0.05, 0.1) is 5.69 Å². The number of aromatic nitrogens is 1. The maximum atomic E-state index is 9.74. The maximum absolute atomic E-state index is 9.74. The van der Waals surface area contributed by atoms with Crippen molar-refractivity contribution in [2.24, 2.45) is 0 Å². The monoisotopic (exact) mass is 199 g/mol. The highest BCUT2D eigenvalue weighted by Gasteiger charge is 2.07. The molecule has 0 fully saturated rings. The summed E-state index contributed by atoms with van der Waals surface area (Å²) in [4.78, 5) is 4.32. The zero-order chi connectivity index (χ0) is 10.7. The summed E-state index contributed by atoms with van der Waals surface area (Å²) in [5.41, 5.74) is 2.83. The molecule has 1 aromatic carbocycles. The molecule has 0 unspecified atom stereocenters. The lowest BCUT2D eigenvalue weighted by atomic mass is 10.0. The quantitative estimate of drug-likeness (QED) is 0.806. The highest BCUT2D eigenvalue weighted by Crippen LogP contribution is 2.29. The molecule has 0 atom stereocenters. The first-order valence-electron chi connectivity index (χ1n) is 5.05. The first-order valence-corrected chi connectivity index (χ1v) is 5.05. The van der Waals surface area contributed by atoms with Crippen molar-refractivity contribution in [3.05, 3.63) is 48.2 Å². The van der Waals surface area contributed by atoms with Crippen molar-refractivity contribution in [3.63, 3.8) is 0 Å². The van der Waals surface area contributed by atoms with Crippen LogP contribution in [0, 0.1) is 0 Å². The van der Waals surface area contributed by atoms with Crippen molar-refractivity contribution in [2.75, 3.05) is 0 Å². The van der Waals surface area contributed by atoms with E-state index in [2.05, 4.69) is 11.9 Å². The molecule has 0 radical (unpaired) electrons. The highest BCUT2D eigenvalue weighted by atomic mass is 16.3. The van der Waals surface area contributed by atoms with Gasteiger partial charge in [-0.1, -0.05) is 25.1 Å². The number of rotatable bonds is 2. The standard InChI is InChI=1S/C13H13NO/c1-2-10-6-5-9-14-13(10)11-7-3-4-8-12(11)15/h3-9,15H,2H2,1H3. The van der Waals surface area contributed by atoms with E-state index in [0.29, 0.717) is 0 Å². The van der Waals surface area contributed by atoms with Gasteiger partial charge in [-0.25, -0.2) is 0 Å². The molecule has 1 N–H and O–H groups in total. The third kappa shape index (κ3) is 1.84. The fourth-order valence-corrected chi connectivity index (χ4v) is 1.64. The van der Waals surface area contributed by atoms with Crippen molar-refractivity contribution in [2.45, 2.75) is 13.3 Å². The lowest BCUT2D eigenvalue weighted by molar-refractivity contribution is 0.477. The van der Waals surface area contributed by atoms with Gasteiger partial charge >= 0.3 is 0 Å². The summed E-state index contributed by atoms with van der Waals surface area (Å²) in [5.74, 6) is 0.283. The van der Waals surface area contributed by atoms with Gasteiger partial charge in [-0.3, -0.25) is 4.98 Å². The lowest BCUT2D eigenvalue weighted by Gasteiger charge is -2.07. The van der Waals surface area contributed by atoms with E-state index >= 15 is 0 Å². The smallest absolute Gasteiger partial charge is 0.124 e. The van der Waals surface area contributed by atoms with E-state index in [9.17, 15) is 5.11 Å². The van der Waals surface area contributed by atoms with Gasteiger partial charge in [0.1, 0.15) is 5.75 Å². The lowest BCUT2D eigenvalue weighted by Crippen LogP contribution is -1.90. The Balaban J connectivity index is 2.59. The normalized spacial score (nSPS) is 10.2. The zero-order valence-corrected chi connectivity index (χ0v) is 8.64. The summed E-state index contributed by atoms with van der Waals surface area (Å²) in [6.45, 7) is 2.08. The molecule has 1 heterocycles. The molecule has 0 saturated heterocycles. The Morgan fingerprint density at radius 2 is 1.93 bits per heavy atom. The maximum Gasteiger partial charge on any atom is 0.124 e. The van der Waals surface area contributed by atoms with E-state index in [1.165, 1.54) is 0 Å². The van der Waals surface area contributed by atoms with Gasteiger partial charge in [0, 0.05) is 11.8 Å². The molecule has 76 valence electrons. The van der Waals surface area contributed by atoms with Crippen LogP contribution in [0.4, 0.5) is 0 Å². The predicted molar refractivity (Wildman–Crippen MR) is 60.7 cm³/mol. The number of para-hydroxylation sites is 1. The fraction of sp³-hybridized carbons (Fsp3) is 0.154. The molecule has 1 aromatic heterocycles. The number of aryl methyl sites for hydroxylation is 1. The largest absolute Gasteiger partial charge is 0.507 e. The van der Waals surface area contributed by atoms with Crippen molar-refractivity contribution < 1.29 is 5.11 Å². The Hall–Kier alpha value is -1.83. The van der Waals surface area contributed by atoms with Crippen molar-refractivity contribution in [3.8, 4) is 17.0 Å². The number of hydrogen-bond acceptors (Lipinski definition) is 2. The van der Waals surface area contributed by atoms with Crippen LogP contribution in [0.2, 0.25) is 0 Å². The number of phenols is 1. The van der Waals surface area contributed by atoms with Crippen LogP contribution in [-0.4, -0.2) is 10.1 Å².